The average Bonchev–Trinajstić information content (AvgIpc) is 2.46. The molecule has 0 aliphatic heterocycles. The molecule has 0 fully saturated rings. The third-order valence-corrected chi connectivity index (χ3v) is 2.69. The molecule has 1 N–H and O–H groups in total. The summed E-state index contributed by atoms with van der Waals surface area (Å²) >= 11 is 0. The smallest absolute Gasteiger partial charge is 0.233 e. The van der Waals surface area contributed by atoms with Crippen LogP contribution in [-0.2, 0) is 0 Å². The Kier molecular flexibility index (Phi) is 3.61. The van der Waals surface area contributed by atoms with Gasteiger partial charge >= 0.3 is 0 Å². The van der Waals surface area contributed by atoms with E-state index in [2.05, 4.69) is 0 Å². The Morgan fingerprint density at radius 3 is 1.68 bits per heavy atom. The van der Waals surface area contributed by atoms with Gasteiger partial charge in [-0.3, -0.25) is 9.59 Å². The van der Waals surface area contributed by atoms with Crippen LogP contribution >= 0.6 is 0 Å². The van der Waals surface area contributed by atoms with E-state index in [1.54, 1.807) is 24.3 Å². The maximum atomic E-state index is 12.0. The van der Waals surface area contributed by atoms with Crippen molar-refractivity contribution in [1.29, 1.82) is 0 Å². The number of benzene rings is 2. The summed E-state index contributed by atoms with van der Waals surface area (Å²) in [6.45, 7) is 0. The number of methoxy groups -OCH3 is 1. The number of hydrogen-bond donors (Lipinski definition) is 1. The molecule has 0 aliphatic carbocycles. The van der Waals surface area contributed by atoms with Crippen molar-refractivity contribution in [3.63, 3.8) is 0 Å². The van der Waals surface area contributed by atoms with Crippen LogP contribution in [0.1, 0.15) is 20.7 Å². The average molecular weight is 256 g/mol. The van der Waals surface area contributed by atoms with Gasteiger partial charge in [-0.15, -0.1) is 0 Å². The predicted molar refractivity (Wildman–Crippen MR) is 69.8 cm³/mol. The molecule has 0 heterocycles. The van der Waals surface area contributed by atoms with Gasteiger partial charge in [0.2, 0.25) is 11.6 Å². The first-order valence-corrected chi connectivity index (χ1v) is 5.64. The van der Waals surface area contributed by atoms with Gasteiger partial charge in [0, 0.05) is 11.1 Å². The summed E-state index contributed by atoms with van der Waals surface area (Å²) in [6.07, 6.45) is 0. The lowest BCUT2D eigenvalue weighted by Gasteiger charge is -2.03. The number of phenolic OH excluding ortho intramolecular Hbond substituents is 1. The van der Waals surface area contributed by atoms with Crippen LogP contribution in [0.4, 0.5) is 0 Å². The van der Waals surface area contributed by atoms with Crippen molar-refractivity contribution in [1.82, 2.24) is 0 Å². The summed E-state index contributed by atoms with van der Waals surface area (Å²) in [4.78, 5) is 23.9. The van der Waals surface area contributed by atoms with Gasteiger partial charge in [-0.2, -0.15) is 0 Å². The number of ether oxygens (including phenoxy) is 1. The van der Waals surface area contributed by atoms with E-state index in [9.17, 15) is 9.59 Å². The van der Waals surface area contributed by atoms with Crippen LogP contribution in [0.2, 0.25) is 0 Å². The summed E-state index contributed by atoms with van der Waals surface area (Å²) < 4.78 is 4.98. The van der Waals surface area contributed by atoms with Gasteiger partial charge in [-0.25, -0.2) is 0 Å². The van der Waals surface area contributed by atoms with Gasteiger partial charge in [0.15, 0.2) is 0 Å². The zero-order valence-electron chi connectivity index (χ0n) is 10.3. The van der Waals surface area contributed by atoms with E-state index in [0.29, 0.717) is 11.3 Å². The lowest BCUT2D eigenvalue weighted by Crippen LogP contribution is -2.14. The molecule has 0 amide bonds. The normalized spacial score (nSPS) is 9.95. The molecule has 0 saturated carbocycles. The molecule has 0 atom stereocenters. The van der Waals surface area contributed by atoms with E-state index < -0.39 is 11.6 Å². The monoisotopic (exact) mass is 256 g/mol. The standard InChI is InChI=1S/C15H12O4/c1-19-13-8-4-11(5-9-13)15(18)14(17)10-2-6-12(16)7-3-10/h2-9,16H,1H3. The summed E-state index contributed by atoms with van der Waals surface area (Å²) in [6, 6.07) is 11.9. The molecule has 0 spiro atoms. The molecule has 0 aromatic heterocycles. The summed E-state index contributed by atoms with van der Waals surface area (Å²) in [7, 11) is 1.53. The van der Waals surface area contributed by atoms with Crippen molar-refractivity contribution in [2.24, 2.45) is 0 Å². The van der Waals surface area contributed by atoms with Gasteiger partial charge in [0.05, 0.1) is 7.11 Å². The molecular formula is C15H12O4. The van der Waals surface area contributed by atoms with Crippen LogP contribution in [-0.4, -0.2) is 23.8 Å². The minimum absolute atomic E-state index is 0.0495. The quantitative estimate of drug-likeness (QED) is 0.674. The van der Waals surface area contributed by atoms with Crippen LogP contribution in [0.5, 0.6) is 11.5 Å². The molecule has 2 aromatic carbocycles. The maximum absolute atomic E-state index is 12.0. The summed E-state index contributed by atoms with van der Waals surface area (Å²) in [5.74, 6) is -0.527. The first-order valence-electron chi connectivity index (χ1n) is 5.64. The van der Waals surface area contributed by atoms with E-state index in [4.69, 9.17) is 9.84 Å². The van der Waals surface area contributed by atoms with Crippen LogP contribution in [0, 0.1) is 0 Å². The number of ketones is 2. The molecule has 0 bridgehead atoms. The lowest BCUT2D eigenvalue weighted by atomic mass is 10.0. The number of hydrogen-bond acceptors (Lipinski definition) is 4. The predicted octanol–water partition coefficient (Wildman–Crippen LogP) is 2.47. The molecular weight excluding hydrogens is 244 g/mol. The highest BCUT2D eigenvalue weighted by Gasteiger charge is 2.18. The topological polar surface area (TPSA) is 63.6 Å². The van der Waals surface area contributed by atoms with Crippen molar-refractivity contribution in [3.8, 4) is 11.5 Å². The third kappa shape index (κ3) is 2.80. The van der Waals surface area contributed by atoms with E-state index in [1.165, 1.54) is 31.4 Å². The Balaban J connectivity index is 2.23. The highest BCUT2D eigenvalue weighted by atomic mass is 16.5. The number of Topliss-reactive ketones (excluding diaryl/α,β-unsaturated/α-hetero) is 2. The molecule has 4 heteroatoms. The van der Waals surface area contributed by atoms with Gasteiger partial charge in [-0.05, 0) is 48.5 Å². The molecule has 4 nitrogen and oxygen atoms in total. The van der Waals surface area contributed by atoms with E-state index in [1.807, 2.05) is 0 Å². The highest BCUT2D eigenvalue weighted by molar-refractivity contribution is 6.49. The van der Waals surface area contributed by atoms with E-state index in [0.717, 1.165) is 0 Å². The number of phenols is 1. The van der Waals surface area contributed by atoms with E-state index in [-0.39, 0.29) is 11.3 Å². The van der Waals surface area contributed by atoms with Gasteiger partial charge < -0.3 is 9.84 Å². The third-order valence-electron chi connectivity index (χ3n) is 2.69. The Hall–Kier alpha value is -2.62. The first kappa shape index (κ1) is 12.8. The first-order chi connectivity index (χ1) is 9.11. The zero-order valence-corrected chi connectivity index (χ0v) is 10.3. The fourth-order valence-corrected chi connectivity index (χ4v) is 1.62. The Morgan fingerprint density at radius 1 is 0.842 bits per heavy atom. The fraction of sp³-hybridized carbons (Fsp3) is 0.0667. The molecule has 0 saturated heterocycles. The molecule has 0 aliphatic rings. The molecule has 19 heavy (non-hydrogen) atoms. The second kappa shape index (κ2) is 5.35. The molecule has 0 radical (unpaired) electrons. The van der Waals surface area contributed by atoms with Gasteiger partial charge in [0.25, 0.3) is 0 Å². The second-order valence-electron chi connectivity index (χ2n) is 3.93. The number of aromatic hydroxyl groups is 1. The minimum atomic E-state index is -0.606. The highest BCUT2D eigenvalue weighted by Crippen LogP contribution is 2.15. The van der Waals surface area contributed by atoms with Crippen LogP contribution in [0.25, 0.3) is 0 Å². The van der Waals surface area contributed by atoms with Crippen LogP contribution < -0.4 is 4.74 Å². The van der Waals surface area contributed by atoms with Crippen LogP contribution in [0.15, 0.2) is 48.5 Å². The van der Waals surface area contributed by atoms with Crippen molar-refractivity contribution < 1.29 is 19.4 Å². The minimum Gasteiger partial charge on any atom is -0.508 e. The number of carbonyl (C=O) groups excluding carboxylic acids is 2. The molecule has 96 valence electrons. The summed E-state index contributed by atoms with van der Waals surface area (Å²) in [5, 5.41) is 9.14. The SMILES string of the molecule is COc1ccc(C(=O)C(=O)c2ccc(O)cc2)cc1. The molecule has 2 rings (SSSR count). The van der Waals surface area contributed by atoms with Gasteiger partial charge in [-0.1, -0.05) is 0 Å². The van der Waals surface area contributed by atoms with Crippen molar-refractivity contribution in [2.45, 2.75) is 0 Å². The number of carbonyl (C=O) groups is 2. The number of rotatable bonds is 4. The Bertz CT molecular complexity index is 597. The Morgan fingerprint density at radius 2 is 1.26 bits per heavy atom. The second-order valence-corrected chi connectivity index (χ2v) is 3.93. The lowest BCUT2D eigenvalue weighted by molar-refractivity contribution is 0.0817. The maximum Gasteiger partial charge on any atom is 0.233 e. The Labute approximate surface area is 110 Å². The molecule has 2 aromatic rings. The van der Waals surface area contributed by atoms with Crippen molar-refractivity contribution >= 4 is 11.6 Å². The largest absolute Gasteiger partial charge is 0.508 e. The molecule has 0 unspecified atom stereocenters. The zero-order chi connectivity index (χ0) is 13.8. The van der Waals surface area contributed by atoms with Crippen molar-refractivity contribution in [2.75, 3.05) is 7.11 Å². The van der Waals surface area contributed by atoms with E-state index >= 15 is 0 Å². The van der Waals surface area contributed by atoms with Crippen LogP contribution in [0.3, 0.4) is 0 Å². The van der Waals surface area contributed by atoms with Gasteiger partial charge in [0.1, 0.15) is 11.5 Å². The summed E-state index contributed by atoms with van der Waals surface area (Å²) in [5.41, 5.74) is 0.553. The van der Waals surface area contributed by atoms with Crippen molar-refractivity contribution in [3.05, 3.63) is 59.7 Å². The fourth-order valence-electron chi connectivity index (χ4n) is 1.62.